The third-order valence-corrected chi connectivity index (χ3v) is 7.54. The Bertz CT molecular complexity index is 1810. The lowest BCUT2D eigenvalue weighted by molar-refractivity contribution is -0.207. The molecule has 12 heteroatoms. The number of aromatic nitrogens is 5. The zero-order valence-corrected chi connectivity index (χ0v) is 22.9. The highest BCUT2D eigenvalue weighted by Gasteiger charge is 2.58. The first-order chi connectivity index (χ1) is 20.7. The second-order valence-corrected chi connectivity index (χ2v) is 10.4. The van der Waals surface area contributed by atoms with Gasteiger partial charge < -0.3 is 5.11 Å². The maximum atomic E-state index is 15.9. The van der Waals surface area contributed by atoms with Crippen LogP contribution in [0.1, 0.15) is 33.5 Å². The summed E-state index contributed by atoms with van der Waals surface area (Å²) in [4.78, 5) is 4.84. The Morgan fingerprint density at radius 2 is 1.58 bits per heavy atom. The van der Waals surface area contributed by atoms with Gasteiger partial charge in [-0.05, 0) is 76.7 Å². The van der Waals surface area contributed by atoms with Crippen molar-refractivity contribution < 1.29 is 22.7 Å². The lowest BCUT2D eigenvalue weighted by Gasteiger charge is -2.35. The summed E-state index contributed by atoms with van der Waals surface area (Å²) >= 11 is 1.63. The number of halogens is 4. The number of hydrogen-bond donors (Lipinski definition) is 1. The summed E-state index contributed by atoms with van der Waals surface area (Å²) < 4.78 is 60.8. The zero-order chi connectivity index (χ0) is 30.5. The molecular weight excluding hydrogens is 580 g/mol. The van der Waals surface area contributed by atoms with Crippen molar-refractivity contribution >= 4 is 11.8 Å². The molecule has 0 saturated heterocycles. The Hall–Kier alpha value is -5.04. The number of tetrazole rings is 1. The van der Waals surface area contributed by atoms with Crippen LogP contribution in [0, 0.1) is 34.8 Å². The third kappa shape index (κ3) is 6.56. The smallest absolute Gasteiger partial charge is 0.323 e. The molecule has 3 aromatic carbocycles. The SMILES string of the molecule is N#Cc1ccc(CSc2ccc(C#Cc3ccc(C(F)(F)C(O)(Cn4cnnn4)c4ccc(F)cc4F)nc3)cc2)cc1. The number of nitrogens with zero attached hydrogens (tertiary/aromatic N) is 6. The predicted octanol–water partition coefficient (Wildman–Crippen LogP) is 5.59. The van der Waals surface area contributed by atoms with Gasteiger partial charge in [-0.3, -0.25) is 4.98 Å². The van der Waals surface area contributed by atoms with Crippen molar-refractivity contribution in [3.8, 4) is 17.9 Å². The molecule has 2 heterocycles. The van der Waals surface area contributed by atoms with Gasteiger partial charge in [0.15, 0.2) is 5.60 Å². The van der Waals surface area contributed by atoms with Crippen LogP contribution in [0.2, 0.25) is 0 Å². The average Bonchev–Trinajstić information content (AvgIpc) is 3.52. The molecule has 0 aliphatic carbocycles. The summed E-state index contributed by atoms with van der Waals surface area (Å²) in [7, 11) is 0. The first-order valence-corrected chi connectivity index (χ1v) is 13.6. The molecule has 5 aromatic rings. The van der Waals surface area contributed by atoms with Crippen LogP contribution in [-0.2, 0) is 23.8 Å². The molecule has 0 spiro atoms. The van der Waals surface area contributed by atoms with Gasteiger partial charge in [0.25, 0.3) is 0 Å². The van der Waals surface area contributed by atoms with Gasteiger partial charge in [-0.1, -0.05) is 24.0 Å². The summed E-state index contributed by atoms with van der Waals surface area (Å²) in [6.45, 7) is -0.944. The molecular formula is C31H20F4N6OS. The van der Waals surface area contributed by atoms with Crippen LogP contribution in [0.4, 0.5) is 17.6 Å². The number of nitriles is 1. The number of thioether (sulfide) groups is 1. The summed E-state index contributed by atoms with van der Waals surface area (Å²) in [6.07, 6.45) is 2.10. The monoisotopic (exact) mass is 600 g/mol. The minimum Gasteiger partial charge on any atom is -0.377 e. The molecule has 1 unspecified atom stereocenters. The maximum Gasteiger partial charge on any atom is 0.323 e. The predicted molar refractivity (Wildman–Crippen MR) is 149 cm³/mol. The summed E-state index contributed by atoms with van der Waals surface area (Å²) in [5, 5.41) is 30.4. The number of rotatable bonds is 8. The van der Waals surface area contributed by atoms with Crippen LogP contribution in [0.3, 0.4) is 0 Å². The fourth-order valence-corrected chi connectivity index (χ4v) is 5.01. The van der Waals surface area contributed by atoms with E-state index < -0.39 is 41.0 Å². The molecule has 0 bridgehead atoms. The van der Waals surface area contributed by atoms with Crippen LogP contribution in [0.5, 0.6) is 0 Å². The van der Waals surface area contributed by atoms with E-state index in [0.29, 0.717) is 22.8 Å². The van der Waals surface area contributed by atoms with E-state index in [1.807, 2.05) is 36.4 Å². The molecule has 1 atom stereocenters. The maximum absolute atomic E-state index is 15.9. The van der Waals surface area contributed by atoms with Gasteiger partial charge >= 0.3 is 5.92 Å². The van der Waals surface area contributed by atoms with Crippen molar-refractivity contribution in [1.29, 1.82) is 5.26 Å². The van der Waals surface area contributed by atoms with Gasteiger partial charge in [0.1, 0.15) is 23.7 Å². The summed E-state index contributed by atoms with van der Waals surface area (Å²) in [5.41, 5.74) is -2.21. The number of benzene rings is 3. The minimum absolute atomic E-state index is 0.329. The van der Waals surface area contributed by atoms with E-state index in [1.54, 1.807) is 23.9 Å². The van der Waals surface area contributed by atoms with Crippen molar-refractivity contribution in [1.82, 2.24) is 25.2 Å². The summed E-state index contributed by atoms with van der Waals surface area (Å²) in [6, 6.07) is 21.2. The Balaban J connectivity index is 1.31. The molecule has 0 fully saturated rings. The van der Waals surface area contributed by atoms with Crippen LogP contribution < -0.4 is 0 Å². The second kappa shape index (κ2) is 12.4. The molecule has 0 aliphatic rings. The Labute approximate surface area is 247 Å². The molecule has 0 saturated carbocycles. The van der Waals surface area contributed by atoms with Crippen molar-refractivity contribution in [2.24, 2.45) is 0 Å². The third-order valence-electron chi connectivity index (χ3n) is 6.46. The van der Waals surface area contributed by atoms with Crippen LogP contribution in [-0.4, -0.2) is 30.3 Å². The molecule has 0 aliphatic heterocycles. The van der Waals surface area contributed by atoms with Crippen LogP contribution >= 0.6 is 11.8 Å². The first kappa shape index (κ1) is 29.5. The second-order valence-electron chi connectivity index (χ2n) is 9.37. The molecule has 7 nitrogen and oxygen atoms in total. The lowest BCUT2D eigenvalue weighted by Crippen LogP contribution is -2.48. The molecule has 0 radical (unpaired) electrons. The highest BCUT2D eigenvalue weighted by Crippen LogP contribution is 2.46. The molecule has 1 N–H and O–H groups in total. The fraction of sp³-hybridized carbons (Fsp3) is 0.129. The normalized spacial score (nSPS) is 12.6. The Morgan fingerprint density at radius 3 is 2.21 bits per heavy atom. The lowest BCUT2D eigenvalue weighted by atomic mass is 9.84. The molecule has 5 rings (SSSR count). The zero-order valence-electron chi connectivity index (χ0n) is 22.1. The Morgan fingerprint density at radius 1 is 0.884 bits per heavy atom. The van der Waals surface area contributed by atoms with Crippen molar-refractivity contribution in [3.05, 3.63) is 137 Å². The van der Waals surface area contributed by atoms with E-state index in [-0.39, 0.29) is 0 Å². The number of hydrogen-bond acceptors (Lipinski definition) is 7. The highest BCUT2D eigenvalue weighted by atomic mass is 32.2. The standard InChI is InChI=1S/C31H20F4N6OS/c32-25-10-13-27(28(33)15-25)30(42,19-41-20-38-39-40-41)31(34,35)29-14-9-23(17-37-29)4-1-21-7-11-26(12-8-21)43-18-24-5-2-22(16-36)3-6-24/h2-3,5-15,17,20,42H,18-19H2. The van der Waals surface area contributed by atoms with Gasteiger partial charge in [0.2, 0.25) is 0 Å². The van der Waals surface area contributed by atoms with E-state index in [1.165, 1.54) is 6.07 Å². The minimum atomic E-state index is -4.16. The number of alkyl halides is 2. The molecule has 214 valence electrons. The average molecular weight is 601 g/mol. The fourth-order valence-electron chi connectivity index (χ4n) is 4.15. The van der Waals surface area contributed by atoms with E-state index >= 15 is 8.78 Å². The van der Waals surface area contributed by atoms with Gasteiger partial charge in [0, 0.05) is 39.6 Å². The quantitative estimate of drug-likeness (QED) is 0.141. The summed E-state index contributed by atoms with van der Waals surface area (Å²) in [5.74, 6) is 0.0367. The van der Waals surface area contributed by atoms with E-state index in [4.69, 9.17) is 5.26 Å². The largest absolute Gasteiger partial charge is 0.377 e. The Kier molecular flexibility index (Phi) is 8.53. The number of aliphatic hydroxyl groups is 1. The van der Waals surface area contributed by atoms with Gasteiger partial charge in [-0.2, -0.15) is 14.0 Å². The molecule has 43 heavy (non-hydrogen) atoms. The van der Waals surface area contributed by atoms with E-state index in [2.05, 4.69) is 38.4 Å². The van der Waals surface area contributed by atoms with E-state index in [9.17, 15) is 13.9 Å². The van der Waals surface area contributed by atoms with Crippen molar-refractivity contribution in [2.45, 2.75) is 28.7 Å². The van der Waals surface area contributed by atoms with Crippen LogP contribution in [0.25, 0.3) is 0 Å². The van der Waals surface area contributed by atoms with Gasteiger partial charge in [-0.25, -0.2) is 13.5 Å². The topological polar surface area (TPSA) is 101 Å². The number of pyridine rings is 1. The van der Waals surface area contributed by atoms with Crippen molar-refractivity contribution in [3.63, 3.8) is 0 Å². The van der Waals surface area contributed by atoms with E-state index in [0.717, 1.165) is 51.6 Å². The van der Waals surface area contributed by atoms with Crippen molar-refractivity contribution in [2.75, 3.05) is 0 Å². The van der Waals surface area contributed by atoms with Gasteiger partial charge in [-0.15, -0.1) is 16.9 Å². The molecule has 0 amide bonds. The van der Waals surface area contributed by atoms with Gasteiger partial charge in [0.05, 0.1) is 18.2 Å². The highest BCUT2D eigenvalue weighted by molar-refractivity contribution is 7.98. The first-order valence-electron chi connectivity index (χ1n) is 12.6. The van der Waals surface area contributed by atoms with Crippen LogP contribution in [0.15, 0.2) is 96.3 Å². The molecule has 2 aromatic heterocycles.